The first-order chi connectivity index (χ1) is 12.0. The summed E-state index contributed by atoms with van der Waals surface area (Å²) in [5, 5.41) is 4.22. The molecule has 0 atom stereocenters. The summed E-state index contributed by atoms with van der Waals surface area (Å²) in [4.78, 5) is 16.0. The number of anilines is 1. The van der Waals surface area contributed by atoms with E-state index in [0.29, 0.717) is 20.9 Å². The summed E-state index contributed by atoms with van der Waals surface area (Å²) < 4.78 is 0. The Morgan fingerprint density at radius 1 is 1.12 bits per heavy atom. The molecule has 2 aromatic carbocycles. The van der Waals surface area contributed by atoms with E-state index in [2.05, 4.69) is 23.3 Å². The highest BCUT2D eigenvalue weighted by Crippen LogP contribution is 2.32. The van der Waals surface area contributed by atoms with Gasteiger partial charge in [0, 0.05) is 15.8 Å². The fourth-order valence-corrected chi connectivity index (χ4v) is 4.60. The number of halogens is 2. The second-order valence-electron chi connectivity index (χ2n) is 6.20. The maximum absolute atomic E-state index is 12.5. The molecule has 0 aliphatic carbocycles. The van der Waals surface area contributed by atoms with Gasteiger partial charge in [0.25, 0.3) is 5.91 Å². The Bertz CT molecular complexity index is 741. The highest BCUT2D eigenvalue weighted by atomic mass is 35.5. The van der Waals surface area contributed by atoms with Crippen LogP contribution in [0.3, 0.4) is 0 Å². The zero-order chi connectivity index (χ0) is 17.8. The summed E-state index contributed by atoms with van der Waals surface area (Å²) in [5.41, 5.74) is 1.05. The Labute approximate surface area is 162 Å². The number of piperidine rings is 1. The van der Waals surface area contributed by atoms with Crippen LogP contribution in [0.1, 0.15) is 23.2 Å². The summed E-state index contributed by atoms with van der Waals surface area (Å²) in [6, 6.07) is 13.0. The zero-order valence-electron chi connectivity index (χ0n) is 14.0. The van der Waals surface area contributed by atoms with Crippen LogP contribution in [0.5, 0.6) is 0 Å². The molecule has 6 heteroatoms. The first-order valence-electron chi connectivity index (χ1n) is 8.23. The molecule has 1 fully saturated rings. The van der Waals surface area contributed by atoms with Crippen molar-refractivity contribution in [2.24, 2.45) is 0 Å². The third kappa shape index (κ3) is 4.91. The number of nitrogens with one attached hydrogen (secondary N) is 1. The van der Waals surface area contributed by atoms with Crippen LogP contribution >= 0.6 is 35.0 Å². The average molecular weight is 395 g/mol. The number of nitrogens with zero attached hydrogens (tertiary/aromatic N) is 1. The van der Waals surface area contributed by atoms with Crippen LogP contribution in [0, 0.1) is 0 Å². The predicted molar refractivity (Wildman–Crippen MR) is 107 cm³/mol. The Hall–Kier alpha value is -1.20. The lowest BCUT2D eigenvalue weighted by Crippen LogP contribution is -2.31. The van der Waals surface area contributed by atoms with Crippen molar-refractivity contribution in [3.63, 3.8) is 0 Å². The molecule has 25 heavy (non-hydrogen) atoms. The number of amides is 1. The van der Waals surface area contributed by atoms with E-state index in [9.17, 15) is 4.79 Å². The van der Waals surface area contributed by atoms with Crippen molar-refractivity contribution in [3.05, 3.63) is 58.1 Å². The topological polar surface area (TPSA) is 32.3 Å². The summed E-state index contributed by atoms with van der Waals surface area (Å²) in [5.74, 6) is -0.294. The summed E-state index contributed by atoms with van der Waals surface area (Å²) in [6.45, 7) is 2.28. The molecule has 0 unspecified atom stereocenters. The molecule has 0 aromatic heterocycles. The van der Waals surface area contributed by atoms with Crippen LogP contribution in [0.15, 0.2) is 47.4 Å². The van der Waals surface area contributed by atoms with Gasteiger partial charge in [0.15, 0.2) is 0 Å². The number of carbonyl (C=O) groups is 1. The minimum atomic E-state index is -0.294. The highest BCUT2D eigenvalue weighted by Gasteiger charge is 2.18. The standard InChI is InChI=1S/C19H20Cl2N2OS/c1-23-10-8-14(9-11-23)25-15-5-2-4-13(12-15)22-19(24)18-16(20)6-3-7-17(18)21/h2-7,12,14H,8-11H2,1H3,(H,22,24). The van der Waals surface area contributed by atoms with Gasteiger partial charge in [0.1, 0.15) is 0 Å². The van der Waals surface area contributed by atoms with E-state index < -0.39 is 0 Å². The molecule has 3 rings (SSSR count). The molecule has 0 bridgehead atoms. The van der Waals surface area contributed by atoms with Crippen molar-refractivity contribution in [1.29, 1.82) is 0 Å². The number of rotatable bonds is 4. The van der Waals surface area contributed by atoms with Crippen molar-refractivity contribution in [2.75, 3.05) is 25.5 Å². The lowest BCUT2D eigenvalue weighted by Gasteiger charge is -2.28. The summed E-state index contributed by atoms with van der Waals surface area (Å²) in [7, 11) is 2.16. The van der Waals surface area contributed by atoms with Crippen LogP contribution in [0.25, 0.3) is 0 Å². The van der Waals surface area contributed by atoms with Crippen molar-refractivity contribution < 1.29 is 4.79 Å². The van der Waals surface area contributed by atoms with Gasteiger partial charge in [-0.3, -0.25) is 4.79 Å². The molecule has 0 saturated carbocycles. The molecule has 1 aliphatic rings. The van der Waals surface area contributed by atoms with Crippen LogP contribution in [-0.4, -0.2) is 36.2 Å². The van der Waals surface area contributed by atoms with Gasteiger partial charge < -0.3 is 10.2 Å². The quantitative estimate of drug-likeness (QED) is 0.749. The average Bonchev–Trinajstić information content (AvgIpc) is 2.57. The third-order valence-electron chi connectivity index (χ3n) is 4.25. The van der Waals surface area contributed by atoms with E-state index in [1.165, 1.54) is 12.8 Å². The Morgan fingerprint density at radius 3 is 2.44 bits per heavy atom. The molecule has 3 nitrogen and oxygen atoms in total. The van der Waals surface area contributed by atoms with Gasteiger partial charge in [0.05, 0.1) is 15.6 Å². The third-order valence-corrected chi connectivity index (χ3v) is 6.21. The normalized spacial score (nSPS) is 16.0. The van der Waals surface area contributed by atoms with Gasteiger partial charge in [-0.1, -0.05) is 35.3 Å². The Morgan fingerprint density at radius 2 is 1.76 bits per heavy atom. The van der Waals surface area contributed by atoms with E-state index in [0.717, 1.165) is 23.7 Å². The number of hydrogen-bond donors (Lipinski definition) is 1. The van der Waals surface area contributed by atoms with Crippen molar-refractivity contribution in [1.82, 2.24) is 4.90 Å². The van der Waals surface area contributed by atoms with Crippen LogP contribution < -0.4 is 5.32 Å². The van der Waals surface area contributed by atoms with E-state index >= 15 is 0 Å². The first-order valence-corrected chi connectivity index (χ1v) is 9.87. The van der Waals surface area contributed by atoms with Gasteiger partial charge >= 0.3 is 0 Å². The molecule has 2 aromatic rings. The van der Waals surface area contributed by atoms with Gasteiger partial charge in [-0.25, -0.2) is 0 Å². The fourth-order valence-electron chi connectivity index (χ4n) is 2.85. The molecule has 132 valence electrons. The number of benzene rings is 2. The maximum Gasteiger partial charge on any atom is 0.258 e. The molecule has 1 amide bonds. The second kappa shape index (κ2) is 8.45. The molecule has 0 spiro atoms. The van der Waals surface area contributed by atoms with Crippen LogP contribution in [-0.2, 0) is 0 Å². The van der Waals surface area contributed by atoms with Crippen LogP contribution in [0.4, 0.5) is 5.69 Å². The Balaban J connectivity index is 1.68. The van der Waals surface area contributed by atoms with Gasteiger partial charge in [-0.15, -0.1) is 11.8 Å². The molecule has 1 aliphatic heterocycles. The molecule has 1 heterocycles. The van der Waals surface area contributed by atoms with Gasteiger partial charge in [-0.05, 0) is 63.3 Å². The lowest BCUT2D eigenvalue weighted by atomic mass is 10.1. The van der Waals surface area contributed by atoms with E-state index in [-0.39, 0.29) is 5.91 Å². The second-order valence-corrected chi connectivity index (χ2v) is 8.39. The number of thioether (sulfide) groups is 1. The van der Waals surface area contributed by atoms with Gasteiger partial charge in [-0.2, -0.15) is 0 Å². The molecule has 1 N–H and O–H groups in total. The smallest absolute Gasteiger partial charge is 0.258 e. The molecular weight excluding hydrogens is 375 g/mol. The van der Waals surface area contributed by atoms with Crippen molar-refractivity contribution >= 4 is 46.6 Å². The molecule has 1 saturated heterocycles. The fraction of sp³-hybridized carbons (Fsp3) is 0.316. The molecule has 0 radical (unpaired) electrons. The summed E-state index contributed by atoms with van der Waals surface area (Å²) in [6.07, 6.45) is 2.37. The molecular formula is C19H20Cl2N2OS. The zero-order valence-corrected chi connectivity index (χ0v) is 16.3. The first kappa shape index (κ1) is 18.6. The van der Waals surface area contributed by atoms with Crippen LogP contribution in [0.2, 0.25) is 10.0 Å². The minimum absolute atomic E-state index is 0.294. The SMILES string of the molecule is CN1CCC(Sc2cccc(NC(=O)c3c(Cl)cccc3Cl)c2)CC1. The largest absolute Gasteiger partial charge is 0.322 e. The van der Waals surface area contributed by atoms with E-state index in [4.69, 9.17) is 23.2 Å². The van der Waals surface area contributed by atoms with E-state index in [1.54, 1.807) is 18.2 Å². The maximum atomic E-state index is 12.5. The highest BCUT2D eigenvalue weighted by molar-refractivity contribution is 8.00. The summed E-state index contributed by atoms with van der Waals surface area (Å²) >= 11 is 14.1. The minimum Gasteiger partial charge on any atom is -0.322 e. The monoisotopic (exact) mass is 394 g/mol. The van der Waals surface area contributed by atoms with Crippen molar-refractivity contribution in [2.45, 2.75) is 23.0 Å². The van der Waals surface area contributed by atoms with Crippen molar-refractivity contribution in [3.8, 4) is 0 Å². The predicted octanol–water partition coefficient (Wildman–Crippen LogP) is 5.43. The number of likely N-dealkylation sites (tertiary alicyclic amines) is 1. The number of carbonyl (C=O) groups excluding carboxylic acids is 1. The van der Waals surface area contributed by atoms with E-state index in [1.807, 2.05) is 30.0 Å². The lowest BCUT2D eigenvalue weighted by molar-refractivity contribution is 0.102. The van der Waals surface area contributed by atoms with Gasteiger partial charge in [0.2, 0.25) is 0 Å². The number of hydrogen-bond acceptors (Lipinski definition) is 3. The Kier molecular flexibility index (Phi) is 6.29.